The quantitative estimate of drug-likeness (QED) is 0.215. The predicted octanol–water partition coefficient (Wildman–Crippen LogP) is 6.48. The zero-order valence-electron chi connectivity index (χ0n) is 22.1. The van der Waals surface area contributed by atoms with Crippen molar-refractivity contribution in [2.75, 3.05) is 0 Å². The maximum absolute atomic E-state index is 13.7. The van der Waals surface area contributed by atoms with Crippen molar-refractivity contribution in [3.8, 4) is 28.2 Å². The van der Waals surface area contributed by atoms with Gasteiger partial charge >= 0.3 is 5.97 Å². The van der Waals surface area contributed by atoms with E-state index in [4.69, 9.17) is 21.4 Å². The molecule has 1 unspecified atom stereocenters. The molecule has 1 N–H and O–H groups in total. The highest BCUT2D eigenvalue weighted by molar-refractivity contribution is 6.32. The molecule has 198 valence electrons. The summed E-state index contributed by atoms with van der Waals surface area (Å²) in [5, 5.41) is 20.0. The van der Waals surface area contributed by atoms with Gasteiger partial charge in [0.2, 0.25) is 5.82 Å². The van der Waals surface area contributed by atoms with Gasteiger partial charge in [0.15, 0.2) is 5.69 Å². The van der Waals surface area contributed by atoms with Crippen LogP contribution in [-0.2, 0) is 17.6 Å². The molecule has 0 aliphatic rings. The van der Waals surface area contributed by atoms with Crippen LogP contribution < -0.4 is 0 Å². The summed E-state index contributed by atoms with van der Waals surface area (Å²) >= 11 is 6.57. The summed E-state index contributed by atoms with van der Waals surface area (Å²) in [6.45, 7) is 5.90. The Balaban J connectivity index is 1.67. The third-order valence-electron chi connectivity index (χ3n) is 6.75. The third kappa shape index (κ3) is 5.33. The number of hydrogen-bond donors (Lipinski definition) is 1. The van der Waals surface area contributed by atoms with Gasteiger partial charge in [-0.1, -0.05) is 86.1 Å². The van der Waals surface area contributed by atoms with Crippen LogP contribution in [0.1, 0.15) is 54.5 Å². The molecule has 0 saturated heterocycles. The van der Waals surface area contributed by atoms with E-state index < -0.39 is 5.97 Å². The van der Waals surface area contributed by atoms with Crippen LogP contribution in [0.3, 0.4) is 0 Å². The van der Waals surface area contributed by atoms with Crippen LogP contribution in [0.25, 0.3) is 28.2 Å². The van der Waals surface area contributed by atoms with E-state index in [0.717, 1.165) is 33.5 Å². The molecule has 3 aromatic carbocycles. The number of nitrogens with one attached hydrogen (secondary N) is 1. The second-order valence-corrected chi connectivity index (χ2v) is 9.64. The highest BCUT2D eigenvalue weighted by Crippen LogP contribution is 2.35. The molecule has 0 saturated carbocycles. The normalized spacial score (nSPS) is 11.9. The molecule has 0 amide bonds. The van der Waals surface area contributed by atoms with E-state index in [0.29, 0.717) is 41.5 Å². The summed E-state index contributed by atoms with van der Waals surface area (Å²) in [5.74, 6) is 0.0927. The second kappa shape index (κ2) is 11.6. The van der Waals surface area contributed by atoms with Gasteiger partial charge in [0.05, 0.1) is 22.5 Å². The van der Waals surface area contributed by atoms with Gasteiger partial charge in [-0.15, -0.1) is 10.2 Å². The maximum atomic E-state index is 13.7. The van der Waals surface area contributed by atoms with E-state index in [9.17, 15) is 4.79 Å². The molecule has 2 aromatic heterocycles. The first-order valence-electron chi connectivity index (χ1n) is 13.0. The molecule has 8 nitrogen and oxygen atoms in total. The fourth-order valence-corrected chi connectivity index (χ4v) is 4.83. The third-order valence-corrected chi connectivity index (χ3v) is 7.07. The molecule has 0 spiro atoms. The molecular weight excluding hydrogens is 512 g/mol. The van der Waals surface area contributed by atoms with E-state index in [1.54, 1.807) is 10.7 Å². The van der Waals surface area contributed by atoms with Gasteiger partial charge in [-0.3, -0.25) is 0 Å². The van der Waals surface area contributed by atoms with Crippen molar-refractivity contribution in [3.05, 3.63) is 100 Å². The van der Waals surface area contributed by atoms with E-state index >= 15 is 0 Å². The van der Waals surface area contributed by atoms with Crippen molar-refractivity contribution in [2.45, 2.75) is 46.1 Å². The number of tetrazole rings is 1. The molecule has 0 fully saturated rings. The summed E-state index contributed by atoms with van der Waals surface area (Å²) in [4.78, 5) is 13.7. The number of aromatic nitrogens is 6. The van der Waals surface area contributed by atoms with Crippen LogP contribution in [0.15, 0.2) is 72.8 Å². The number of ether oxygens (including phenoxy) is 1. The van der Waals surface area contributed by atoms with Gasteiger partial charge in [0.1, 0.15) is 0 Å². The number of halogens is 1. The number of carbonyl (C=O) groups excluding carboxylic acids is 1. The lowest BCUT2D eigenvalue weighted by Crippen LogP contribution is -2.19. The first-order chi connectivity index (χ1) is 19.0. The van der Waals surface area contributed by atoms with Crippen LogP contribution in [0.2, 0.25) is 5.02 Å². The van der Waals surface area contributed by atoms with Crippen LogP contribution >= 0.6 is 11.6 Å². The topological polar surface area (TPSA) is 98.6 Å². The second-order valence-electron chi connectivity index (χ2n) is 9.23. The minimum atomic E-state index is -0.420. The van der Waals surface area contributed by atoms with Crippen molar-refractivity contribution in [1.29, 1.82) is 0 Å². The lowest BCUT2D eigenvalue weighted by molar-refractivity contribution is 0.0322. The van der Waals surface area contributed by atoms with Crippen molar-refractivity contribution >= 4 is 17.6 Å². The highest BCUT2D eigenvalue weighted by Gasteiger charge is 2.28. The number of esters is 1. The Morgan fingerprint density at radius 1 is 0.974 bits per heavy atom. The Bertz CT molecular complexity index is 1600. The fourth-order valence-electron chi connectivity index (χ4n) is 4.61. The number of H-pyrrole nitrogens is 1. The largest absolute Gasteiger partial charge is 0.458 e. The molecule has 2 heterocycles. The van der Waals surface area contributed by atoms with Gasteiger partial charge in [-0.05, 0) is 53.8 Å². The first-order valence-corrected chi connectivity index (χ1v) is 13.4. The number of carbonyl (C=O) groups is 1. The molecule has 0 aliphatic heterocycles. The van der Waals surface area contributed by atoms with Crippen LogP contribution in [0.5, 0.6) is 0 Å². The number of aromatic amines is 1. The Hall–Kier alpha value is -4.30. The molecule has 1 atom stereocenters. The lowest BCUT2D eigenvalue weighted by Gasteiger charge is -2.16. The van der Waals surface area contributed by atoms with Gasteiger partial charge in [0.25, 0.3) is 0 Å². The number of hydrogen-bond acceptors (Lipinski definition) is 6. The number of para-hydroxylation sites is 1. The highest BCUT2D eigenvalue weighted by atomic mass is 35.5. The van der Waals surface area contributed by atoms with Crippen LogP contribution in [0.4, 0.5) is 0 Å². The fraction of sp³-hybridized carbons (Fsp3) is 0.233. The molecule has 5 aromatic rings. The minimum Gasteiger partial charge on any atom is -0.458 e. The van der Waals surface area contributed by atoms with Gasteiger partial charge in [-0.2, -0.15) is 10.3 Å². The average molecular weight is 541 g/mol. The molecule has 5 rings (SSSR count). The maximum Gasteiger partial charge on any atom is 0.357 e. The van der Waals surface area contributed by atoms with Gasteiger partial charge in [-0.25, -0.2) is 9.48 Å². The van der Waals surface area contributed by atoms with E-state index in [-0.39, 0.29) is 6.10 Å². The Labute approximate surface area is 232 Å². The molecular formula is C30H29ClN6O2. The van der Waals surface area contributed by atoms with Crippen LogP contribution in [0, 0.1) is 0 Å². The Morgan fingerprint density at radius 2 is 1.67 bits per heavy atom. The molecule has 9 heteroatoms. The molecule has 39 heavy (non-hydrogen) atoms. The SMILES string of the molecule is CCc1nn(-c2ccccc2Cl)c(C(=O)OC(C)CC)c1Cc1ccccc1-c1ccccc1-c1nn[nH]n1. The lowest BCUT2D eigenvalue weighted by atomic mass is 9.91. The predicted molar refractivity (Wildman–Crippen MR) is 151 cm³/mol. The summed E-state index contributed by atoms with van der Waals surface area (Å²) in [7, 11) is 0. The van der Waals surface area contributed by atoms with Crippen molar-refractivity contribution < 1.29 is 9.53 Å². The van der Waals surface area contributed by atoms with Crippen molar-refractivity contribution in [1.82, 2.24) is 30.4 Å². The summed E-state index contributed by atoms with van der Waals surface area (Å²) < 4.78 is 7.47. The standard InChI is InChI=1S/C30H29ClN6O2/c1-4-19(3)39-30(38)28-24(26(5-2)34-37(28)27-17-11-10-16-25(27)31)18-20-12-6-7-13-21(20)22-14-8-9-15-23(22)29-32-35-36-33-29/h6-17,19H,4-5,18H2,1-3H3,(H,32,33,35,36). The number of benzene rings is 3. The van der Waals surface area contributed by atoms with E-state index in [1.807, 2.05) is 75.4 Å². The minimum absolute atomic E-state index is 0.237. The molecule has 0 aliphatic carbocycles. The monoisotopic (exact) mass is 540 g/mol. The average Bonchev–Trinajstić information content (AvgIpc) is 3.62. The zero-order chi connectivity index (χ0) is 27.4. The Morgan fingerprint density at radius 3 is 2.36 bits per heavy atom. The number of aryl methyl sites for hydroxylation is 1. The molecule has 0 bridgehead atoms. The zero-order valence-corrected chi connectivity index (χ0v) is 22.8. The smallest absolute Gasteiger partial charge is 0.357 e. The van der Waals surface area contributed by atoms with Crippen LogP contribution in [-0.4, -0.2) is 42.5 Å². The molecule has 0 radical (unpaired) electrons. The summed E-state index contributed by atoms with van der Waals surface area (Å²) in [6.07, 6.45) is 1.57. The number of nitrogens with zero attached hydrogens (tertiary/aromatic N) is 5. The summed E-state index contributed by atoms with van der Waals surface area (Å²) in [6, 6.07) is 23.4. The first kappa shape index (κ1) is 26.3. The van der Waals surface area contributed by atoms with Gasteiger partial charge < -0.3 is 4.74 Å². The van der Waals surface area contributed by atoms with Crippen molar-refractivity contribution in [3.63, 3.8) is 0 Å². The number of rotatable bonds is 9. The van der Waals surface area contributed by atoms with Crippen molar-refractivity contribution in [2.24, 2.45) is 0 Å². The van der Waals surface area contributed by atoms with E-state index in [2.05, 4.69) is 32.8 Å². The Kier molecular flexibility index (Phi) is 7.84. The summed E-state index contributed by atoms with van der Waals surface area (Å²) in [5.41, 5.74) is 6.51. The van der Waals surface area contributed by atoms with Gasteiger partial charge in [0, 0.05) is 17.5 Å². The van der Waals surface area contributed by atoms with E-state index in [1.165, 1.54) is 0 Å².